The molecule has 1 aromatic carbocycles. The van der Waals surface area contributed by atoms with Crippen molar-refractivity contribution in [2.75, 3.05) is 31.1 Å². The number of rotatable bonds is 9. The maximum absolute atomic E-state index is 11.5. The summed E-state index contributed by atoms with van der Waals surface area (Å²) in [6, 6.07) is 7.16. The topological polar surface area (TPSA) is 79.8 Å². The zero-order chi connectivity index (χ0) is 18.0. The first-order chi connectivity index (χ1) is 11.4. The van der Waals surface area contributed by atoms with Gasteiger partial charge in [0.25, 0.3) is 0 Å². The van der Waals surface area contributed by atoms with E-state index in [0.717, 1.165) is 5.75 Å². The molecule has 0 radical (unpaired) electrons. The van der Waals surface area contributed by atoms with Crippen LogP contribution in [0.15, 0.2) is 29.3 Å². The van der Waals surface area contributed by atoms with E-state index in [4.69, 9.17) is 16.3 Å². The highest BCUT2D eigenvalue weighted by atomic mass is 35.5. The molecule has 0 spiro atoms. The molecule has 0 aromatic heterocycles. The Labute approximate surface area is 149 Å². The first kappa shape index (κ1) is 20.6. The van der Waals surface area contributed by atoms with Gasteiger partial charge in [-0.05, 0) is 38.1 Å². The Bertz CT molecular complexity index is 618. The minimum Gasteiger partial charge on any atom is -0.489 e. The predicted octanol–water partition coefficient (Wildman–Crippen LogP) is 2.10. The Morgan fingerprint density at radius 1 is 1.25 bits per heavy atom. The Kier molecular flexibility index (Phi) is 8.92. The van der Waals surface area contributed by atoms with Gasteiger partial charge in [-0.1, -0.05) is 18.5 Å². The van der Waals surface area contributed by atoms with Crippen molar-refractivity contribution in [2.24, 2.45) is 4.99 Å². The average molecular weight is 376 g/mol. The summed E-state index contributed by atoms with van der Waals surface area (Å²) in [6.07, 6.45) is -0.124. The second kappa shape index (κ2) is 10.4. The van der Waals surface area contributed by atoms with E-state index in [2.05, 4.69) is 15.6 Å². The fraction of sp³-hybridized carbons (Fsp3) is 0.562. The third-order valence-electron chi connectivity index (χ3n) is 3.15. The molecule has 1 unspecified atom stereocenters. The van der Waals surface area contributed by atoms with Crippen LogP contribution in [0.1, 0.15) is 20.8 Å². The molecule has 6 nitrogen and oxygen atoms in total. The Balaban J connectivity index is 2.50. The zero-order valence-electron chi connectivity index (χ0n) is 14.4. The van der Waals surface area contributed by atoms with E-state index in [1.54, 1.807) is 19.1 Å². The molecule has 8 heteroatoms. The lowest BCUT2D eigenvalue weighted by molar-refractivity contribution is 0.230. The van der Waals surface area contributed by atoms with E-state index in [1.165, 1.54) is 0 Å². The molecule has 1 atom stereocenters. The second-order valence-electron chi connectivity index (χ2n) is 5.27. The van der Waals surface area contributed by atoms with Crippen LogP contribution >= 0.6 is 11.6 Å². The van der Waals surface area contributed by atoms with Gasteiger partial charge in [0, 0.05) is 23.9 Å². The van der Waals surface area contributed by atoms with Gasteiger partial charge in [0.1, 0.15) is 11.9 Å². The van der Waals surface area contributed by atoms with Crippen LogP contribution in [0.4, 0.5) is 0 Å². The molecule has 0 fully saturated rings. The third-order valence-corrected chi connectivity index (χ3v) is 5.10. The van der Waals surface area contributed by atoms with Gasteiger partial charge in [-0.2, -0.15) is 0 Å². The largest absolute Gasteiger partial charge is 0.489 e. The van der Waals surface area contributed by atoms with E-state index < -0.39 is 9.84 Å². The van der Waals surface area contributed by atoms with Crippen molar-refractivity contribution < 1.29 is 13.2 Å². The van der Waals surface area contributed by atoms with Crippen molar-refractivity contribution in [3.8, 4) is 5.75 Å². The number of guanidine groups is 1. The number of halogens is 1. The Morgan fingerprint density at radius 3 is 2.50 bits per heavy atom. The van der Waals surface area contributed by atoms with Gasteiger partial charge in [0.2, 0.25) is 0 Å². The third kappa shape index (κ3) is 8.40. The van der Waals surface area contributed by atoms with Crippen LogP contribution < -0.4 is 15.4 Å². The number of benzene rings is 1. The van der Waals surface area contributed by atoms with Gasteiger partial charge in [-0.3, -0.25) is 0 Å². The van der Waals surface area contributed by atoms with Gasteiger partial charge in [0.15, 0.2) is 15.8 Å². The quantitative estimate of drug-likeness (QED) is 0.510. The van der Waals surface area contributed by atoms with Crippen LogP contribution in [0, 0.1) is 0 Å². The minimum absolute atomic E-state index is 0.0880. The summed E-state index contributed by atoms with van der Waals surface area (Å²) in [4.78, 5) is 4.42. The maximum Gasteiger partial charge on any atom is 0.191 e. The second-order valence-corrected chi connectivity index (χ2v) is 8.17. The van der Waals surface area contributed by atoms with Crippen LogP contribution in [0.3, 0.4) is 0 Å². The summed E-state index contributed by atoms with van der Waals surface area (Å²) < 4.78 is 28.8. The van der Waals surface area contributed by atoms with Crippen LogP contribution in [-0.2, 0) is 9.84 Å². The average Bonchev–Trinajstić information content (AvgIpc) is 2.54. The molecule has 0 aliphatic rings. The molecule has 24 heavy (non-hydrogen) atoms. The molecule has 0 saturated carbocycles. The van der Waals surface area contributed by atoms with Gasteiger partial charge in [0.05, 0.1) is 12.3 Å². The molecule has 1 rings (SSSR count). The van der Waals surface area contributed by atoms with Crippen molar-refractivity contribution in [2.45, 2.75) is 26.9 Å². The van der Waals surface area contributed by atoms with E-state index in [9.17, 15) is 8.42 Å². The summed E-state index contributed by atoms with van der Waals surface area (Å²) in [5.41, 5.74) is 0. The van der Waals surface area contributed by atoms with E-state index in [0.29, 0.717) is 30.6 Å². The number of hydrogen-bond acceptors (Lipinski definition) is 4. The van der Waals surface area contributed by atoms with E-state index in [1.807, 2.05) is 26.0 Å². The predicted molar refractivity (Wildman–Crippen MR) is 99.9 cm³/mol. The molecular formula is C16H26ClN3O3S. The molecular weight excluding hydrogens is 350 g/mol. The monoisotopic (exact) mass is 375 g/mol. The summed E-state index contributed by atoms with van der Waals surface area (Å²) >= 11 is 5.84. The van der Waals surface area contributed by atoms with E-state index >= 15 is 0 Å². The lowest BCUT2D eigenvalue weighted by Gasteiger charge is -2.15. The molecule has 136 valence electrons. The van der Waals surface area contributed by atoms with Crippen LogP contribution in [0.25, 0.3) is 0 Å². The van der Waals surface area contributed by atoms with E-state index in [-0.39, 0.29) is 17.6 Å². The fourth-order valence-corrected chi connectivity index (χ4v) is 2.64. The summed E-state index contributed by atoms with van der Waals surface area (Å²) in [5.74, 6) is 1.54. The van der Waals surface area contributed by atoms with Crippen molar-refractivity contribution >= 4 is 27.4 Å². The van der Waals surface area contributed by atoms with Crippen LogP contribution in [0.5, 0.6) is 5.75 Å². The molecule has 0 aliphatic heterocycles. The molecule has 0 saturated heterocycles. The maximum atomic E-state index is 11.5. The summed E-state index contributed by atoms with van der Waals surface area (Å²) in [5, 5.41) is 6.77. The molecule has 0 heterocycles. The highest BCUT2D eigenvalue weighted by molar-refractivity contribution is 7.91. The van der Waals surface area contributed by atoms with Crippen molar-refractivity contribution in [3.63, 3.8) is 0 Å². The lowest BCUT2D eigenvalue weighted by Crippen LogP contribution is -2.40. The highest BCUT2D eigenvalue weighted by Crippen LogP contribution is 2.16. The summed E-state index contributed by atoms with van der Waals surface area (Å²) in [6.45, 7) is 6.98. The molecule has 0 amide bonds. The highest BCUT2D eigenvalue weighted by Gasteiger charge is 2.08. The molecule has 0 bridgehead atoms. The number of aliphatic imine (C=N–C) groups is 1. The number of hydrogen-bond donors (Lipinski definition) is 2. The molecule has 0 aliphatic carbocycles. The van der Waals surface area contributed by atoms with Gasteiger partial charge >= 0.3 is 0 Å². The van der Waals surface area contributed by atoms with Gasteiger partial charge < -0.3 is 15.4 Å². The molecule has 2 N–H and O–H groups in total. The van der Waals surface area contributed by atoms with Gasteiger partial charge in [-0.25, -0.2) is 13.4 Å². The van der Waals surface area contributed by atoms with Crippen molar-refractivity contribution in [1.82, 2.24) is 10.6 Å². The standard InChI is InChI=1S/C16H26ClN3O3S/c1-4-18-16(19-10-11-24(21,22)5-2)20-12-13(3)23-15-8-6-14(17)7-9-15/h6-9,13H,4-5,10-12H2,1-3H3,(H2,18,19,20). The number of sulfone groups is 1. The zero-order valence-corrected chi connectivity index (χ0v) is 16.0. The van der Waals surface area contributed by atoms with Crippen LogP contribution in [-0.4, -0.2) is 51.6 Å². The fourth-order valence-electron chi connectivity index (χ4n) is 1.81. The first-order valence-electron chi connectivity index (χ1n) is 8.01. The summed E-state index contributed by atoms with van der Waals surface area (Å²) in [7, 11) is -2.99. The lowest BCUT2D eigenvalue weighted by atomic mass is 10.3. The normalized spacial score (nSPS) is 13.4. The number of nitrogens with zero attached hydrogens (tertiary/aromatic N) is 1. The van der Waals surface area contributed by atoms with Crippen molar-refractivity contribution in [3.05, 3.63) is 29.3 Å². The van der Waals surface area contributed by atoms with Crippen LogP contribution in [0.2, 0.25) is 5.02 Å². The van der Waals surface area contributed by atoms with Crippen molar-refractivity contribution in [1.29, 1.82) is 0 Å². The first-order valence-corrected chi connectivity index (χ1v) is 10.2. The van der Waals surface area contributed by atoms with Gasteiger partial charge in [-0.15, -0.1) is 0 Å². The minimum atomic E-state index is -2.99. The number of nitrogens with one attached hydrogen (secondary N) is 2. The smallest absolute Gasteiger partial charge is 0.191 e. The Morgan fingerprint density at radius 2 is 1.92 bits per heavy atom. The number of ether oxygens (including phenoxy) is 1. The Hall–Kier alpha value is -1.47. The molecule has 1 aromatic rings. The SMILES string of the molecule is CCNC(=NCC(C)Oc1ccc(Cl)cc1)NCCS(=O)(=O)CC.